The molecule has 1 aliphatic heterocycles. The van der Waals surface area contributed by atoms with Gasteiger partial charge in [0.25, 0.3) is 0 Å². The fourth-order valence-electron chi connectivity index (χ4n) is 0.508. The van der Waals surface area contributed by atoms with Gasteiger partial charge >= 0.3 is 0 Å². The number of carbonyl (C=O) groups excluding carboxylic acids is 2. The molecule has 0 radical (unpaired) electrons. The number of hydrogen-bond acceptors (Lipinski definition) is 3. The quantitative estimate of drug-likeness (QED) is 0.445. The zero-order valence-corrected chi connectivity index (χ0v) is 6.02. The summed E-state index contributed by atoms with van der Waals surface area (Å²) in [5, 5.41) is 2.14. The molecule has 0 spiro atoms. The highest BCUT2D eigenvalue weighted by Gasteiger charge is 2.15. The van der Waals surface area contributed by atoms with E-state index < -0.39 is 0 Å². The van der Waals surface area contributed by atoms with Gasteiger partial charge in [0.15, 0.2) is 0 Å². The molecule has 4 heteroatoms. The first kappa shape index (κ1) is 9.10. The van der Waals surface area contributed by atoms with Crippen LogP contribution in [0.4, 0.5) is 0 Å². The highest BCUT2D eigenvalue weighted by Crippen LogP contribution is 1.95. The molecule has 3 N–H and O–H groups in total. The predicted molar refractivity (Wildman–Crippen MR) is 37.1 cm³/mol. The molecule has 10 heavy (non-hydrogen) atoms. The van der Waals surface area contributed by atoms with Gasteiger partial charge in [-0.2, -0.15) is 0 Å². The number of rotatable bonds is 0. The molecule has 4 nitrogen and oxygen atoms in total. The number of hydrogen-bond donors (Lipinski definition) is 2. The Kier molecular flexibility index (Phi) is 4.49. The van der Waals surface area contributed by atoms with Gasteiger partial charge in [0.2, 0.25) is 11.8 Å². The van der Waals surface area contributed by atoms with Crippen molar-refractivity contribution in [2.75, 3.05) is 6.54 Å². The lowest BCUT2D eigenvalue weighted by Crippen LogP contribution is -2.18. The van der Waals surface area contributed by atoms with E-state index in [4.69, 9.17) is 5.73 Å². The lowest BCUT2D eigenvalue weighted by Gasteiger charge is -1.79. The maximum absolute atomic E-state index is 10.1. The largest absolute Gasteiger partial charge is 0.331 e. The van der Waals surface area contributed by atoms with Crippen molar-refractivity contribution in [2.45, 2.75) is 19.8 Å². The Bertz CT molecular complexity index is 120. The molecule has 0 aromatic rings. The van der Waals surface area contributed by atoms with E-state index in [1.807, 2.05) is 6.92 Å². The Hall–Kier alpha value is -0.900. The van der Waals surface area contributed by atoms with Gasteiger partial charge < -0.3 is 5.73 Å². The van der Waals surface area contributed by atoms with Gasteiger partial charge in [0.05, 0.1) is 0 Å². The van der Waals surface area contributed by atoms with Crippen molar-refractivity contribution >= 4 is 11.8 Å². The van der Waals surface area contributed by atoms with E-state index in [0.717, 1.165) is 6.54 Å². The molecule has 0 bridgehead atoms. The molecule has 1 heterocycles. The van der Waals surface area contributed by atoms with Crippen LogP contribution in [0.1, 0.15) is 19.8 Å². The molecule has 1 aliphatic rings. The summed E-state index contributed by atoms with van der Waals surface area (Å²) < 4.78 is 0. The second-order valence-corrected chi connectivity index (χ2v) is 1.88. The van der Waals surface area contributed by atoms with Crippen LogP contribution in [-0.4, -0.2) is 18.4 Å². The third-order valence-corrected chi connectivity index (χ3v) is 0.858. The second-order valence-electron chi connectivity index (χ2n) is 1.88. The third-order valence-electron chi connectivity index (χ3n) is 0.858. The molecule has 0 aliphatic carbocycles. The molecule has 0 aromatic carbocycles. The van der Waals surface area contributed by atoms with E-state index in [2.05, 4.69) is 5.32 Å². The van der Waals surface area contributed by atoms with Crippen molar-refractivity contribution < 1.29 is 9.59 Å². The molecule has 1 saturated heterocycles. The predicted octanol–water partition coefficient (Wildman–Crippen LogP) is -0.612. The maximum Gasteiger partial charge on any atom is 0.227 e. The van der Waals surface area contributed by atoms with Gasteiger partial charge in [-0.1, -0.05) is 6.92 Å². The number of amides is 2. The SMILES string of the molecule is CCN.O=C1CCC(=O)N1. The first-order valence-electron chi connectivity index (χ1n) is 3.23. The minimum atomic E-state index is -0.148. The summed E-state index contributed by atoms with van der Waals surface area (Å²) in [6, 6.07) is 0. The standard InChI is InChI=1S/C4H5NO2.C2H7N/c6-3-1-2-4(7)5-3;1-2-3/h1-2H2,(H,5,6,7);2-3H2,1H3. The fraction of sp³-hybridized carbons (Fsp3) is 0.667. The Morgan fingerprint density at radius 1 is 1.40 bits per heavy atom. The van der Waals surface area contributed by atoms with E-state index in [1.165, 1.54) is 0 Å². The Balaban J connectivity index is 0.000000236. The molecule has 0 unspecified atom stereocenters. The molecular weight excluding hydrogens is 132 g/mol. The highest BCUT2D eigenvalue weighted by atomic mass is 16.2. The van der Waals surface area contributed by atoms with E-state index in [1.54, 1.807) is 0 Å². The summed E-state index contributed by atoms with van der Waals surface area (Å²) in [6.07, 6.45) is 0.748. The van der Waals surface area contributed by atoms with Gasteiger partial charge in [-0.3, -0.25) is 14.9 Å². The Labute approximate surface area is 59.8 Å². The van der Waals surface area contributed by atoms with E-state index in [9.17, 15) is 9.59 Å². The van der Waals surface area contributed by atoms with Gasteiger partial charge in [0, 0.05) is 12.8 Å². The second kappa shape index (κ2) is 4.93. The van der Waals surface area contributed by atoms with Crippen molar-refractivity contribution in [1.82, 2.24) is 5.32 Å². The maximum atomic E-state index is 10.1. The van der Waals surface area contributed by atoms with Gasteiger partial charge in [0.1, 0.15) is 0 Å². The van der Waals surface area contributed by atoms with Crippen LogP contribution in [0.25, 0.3) is 0 Å². The molecular formula is C6H12N2O2. The highest BCUT2D eigenvalue weighted by molar-refractivity contribution is 6.01. The van der Waals surface area contributed by atoms with Gasteiger partial charge in [-0.15, -0.1) is 0 Å². The number of carbonyl (C=O) groups is 2. The minimum Gasteiger partial charge on any atom is -0.331 e. The van der Waals surface area contributed by atoms with E-state index >= 15 is 0 Å². The van der Waals surface area contributed by atoms with Crippen LogP contribution in [0.5, 0.6) is 0 Å². The number of imide groups is 1. The summed E-state index contributed by atoms with van der Waals surface area (Å²) in [6.45, 7) is 2.65. The average Bonchev–Trinajstić information content (AvgIpc) is 2.17. The van der Waals surface area contributed by atoms with Crippen LogP contribution in [0.15, 0.2) is 0 Å². The first-order valence-corrected chi connectivity index (χ1v) is 3.23. The summed E-state index contributed by atoms with van der Waals surface area (Å²) in [5.41, 5.74) is 4.85. The molecule has 0 atom stereocenters. The molecule has 2 amide bonds. The normalized spacial score (nSPS) is 15.8. The smallest absolute Gasteiger partial charge is 0.227 e. The summed E-state index contributed by atoms with van der Waals surface area (Å²) in [5.74, 6) is -0.296. The van der Waals surface area contributed by atoms with Crippen molar-refractivity contribution in [3.05, 3.63) is 0 Å². The summed E-state index contributed by atoms with van der Waals surface area (Å²) in [7, 11) is 0. The Morgan fingerprint density at radius 3 is 1.80 bits per heavy atom. The number of nitrogens with one attached hydrogen (secondary N) is 1. The van der Waals surface area contributed by atoms with Crippen LogP contribution in [0.3, 0.4) is 0 Å². The van der Waals surface area contributed by atoms with Crippen LogP contribution in [0, 0.1) is 0 Å². The zero-order chi connectivity index (χ0) is 7.98. The van der Waals surface area contributed by atoms with Gasteiger partial charge in [-0.25, -0.2) is 0 Å². The van der Waals surface area contributed by atoms with Crippen LogP contribution >= 0.6 is 0 Å². The topological polar surface area (TPSA) is 72.2 Å². The molecule has 58 valence electrons. The summed E-state index contributed by atoms with van der Waals surface area (Å²) in [4.78, 5) is 20.2. The van der Waals surface area contributed by atoms with Crippen LogP contribution < -0.4 is 11.1 Å². The lowest BCUT2D eigenvalue weighted by molar-refractivity contribution is -0.124. The molecule has 0 aromatic heterocycles. The van der Waals surface area contributed by atoms with E-state index in [0.29, 0.717) is 12.8 Å². The van der Waals surface area contributed by atoms with Crippen molar-refractivity contribution in [2.24, 2.45) is 5.73 Å². The van der Waals surface area contributed by atoms with Gasteiger partial charge in [-0.05, 0) is 6.54 Å². The third kappa shape index (κ3) is 4.03. The molecule has 1 fully saturated rings. The lowest BCUT2D eigenvalue weighted by atomic mass is 10.4. The fourth-order valence-corrected chi connectivity index (χ4v) is 0.508. The molecule has 0 saturated carbocycles. The van der Waals surface area contributed by atoms with Crippen molar-refractivity contribution in [3.8, 4) is 0 Å². The van der Waals surface area contributed by atoms with Crippen LogP contribution in [0.2, 0.25) is 0 Å². The van der Waals surface area contributed by atoms with Crippen molar-refractivity contribution in [3.63, 3.8) is 0 Å². The average molecular weight is 144 g/mol. The van der Waals surface area contributed by atoms with Crippen molar-refractivity contribution in [1.29, 1.82) is 0 Å². The zero-order valence-electron chi connectivity index (χ0n) is 6.02. The number of nitrogens with two attached hydrogens (primary N) is 1. The Morgan fingerprint density at radius 2 is 1.70 bits per heavy atom. The van der Waals surface area contributed by atoms with E-state index in [-0.39, 0.29) is 11.8 Å². The van der Waals surface area contributed by atoms with Crippen LogP contribution in [-0.2, 0) is 9.59 Å². The minimum absolute atomic E-state index is 0.148. The summed E-state index contributed by atoms with van der Waals surface area (Å²) >= 11 is 0. The monoisotopic (exact) mass is 144 g/mol. The molecule has 1 rings (SSSR count). The first-order chi connectivity index (χ1) is 4.70.